The summed E-state index contributed by atoms with van der Waals surface area (Å²) in [4.78, 5) is 14.1. The largest absolute Gasteiger partial charge is 0.496 e. The molecule has 2 N–H and O–H groups in total. The van der Waals surface area contributed by atoms with Crippen LogP contribution in [0.5, 0.6) is 5.75 Å². The van der Waals surface area contributed by atoms with Gasteiger partial charge in [-0.15, -0.1) is 0 Å². The molecule has 19 heavy (non-hydrogen) atoms. The normalized spacial score (nSPS) is 23.8. The van der Waals surface area contributed by atoms with Crippen molar-refractivity contribution in [2.45, 2.75) is 44.8 Å². The third-order valence-corrected chi connectivity index (χ3v) is 3.54. The monoisotopic (exact) mass is 262 g/mol. The van der Waals surface area contributed by atoms with Crippen molar-refractivity contribution in [3.05, 3.63) is 29.8 Å². The molecular formula is C15H22N2O2. The van der Waals surface area contributed by atoms with Crippen LogP contribution in [0.1, 0.15) is 38.8 Å². The van der Waals surface area contributed by atoms with Crippen LogP contribution in [0.4, 0.5) is 0 Å². The van der Waals surface area contributed by atoms with Crippen molar-refractivity contribution in [3.8, 4) is 5.75 Å². The molecule has 1 amide bonds. The summed E-state index contributed by atoms with van der Waals surface area (Å²) < 4.78 is 5.41. The number of nitrogens with zero attached hydrogens (tertiary/aromatic N) is 1. The number of para-hydroxylation sites is 1. The second-order valence-corrected chi connectivity index (χ2v) is 5.99. The maximum atomic E-state index is 12.2. The van der Waals surface area contributed by atoms with E-state index in [1.165, 1.54) is 0 Å². The Kier molecular flexibility index (Phi) is 3.54. The summed E-state index contributed by atoms with van der Waals surface area (Å²) in [6.07, 6.45) is 0.389. The van der Waals surface area contributed by atoms with E-state index in [9.17, 15) is 4.79 Å². The lowest BCUT2D eigenvalue weighted by atomic mass is 9.96. The van der Waals surface area contributed by atoms with Crippen molar-refractivity contribution in [2.75, 3.05) is 7.11 Å². The van der Waals surface area contributed by atoms with Crippen molar-refractivity contribution in [1.29, 1.82) is 0 Å². The van der Waals surface area contributed by atoms with E-state index in [-0.39, 0.29) is 23.5 Å². The van der Waals surface area contributed by atoms with Gasteiger partial charge < -0.3 is 15.4 Å². The van der Waals surface area contributed by atoms with E-state index in [0.29, 0.717) is 6.42 Å². The van der Waals surface area contributed by atoms with E-state index in [0.717, 1.165) is 11.3 Å². The van der Waals surface area contributed by atoms with Gasteiger partial charge in [0.05, 0.1) is 13.2 Å². The smallest absolute Gasteiger partial charge is 0.225 e. The molecule has 0 bridgehead atoms. The number of benzene rings is 1. The zero-order chi connectivity index (χ0) is 14.2. The van der Waals surface area contributed by atoms with Crippen molar-refractivity contribution < 1.29 is 9.53 Å². The van der Waals surface area contributed by atoms with E-state index < -0.39 is 0 Å². The van der Waals surface area contributed by atoms with Gasteiger partial charge in [-0.1, -0.05) is 18.2 Å². The second-order valence-electron chi connectivity index (χ2n) is 5.99. The minimum atomic E-state index is -0.253. The van der Waals surface area contributed by atoms with E-state index >= 15 is 0 Å². The number of amides is 1. The fraction of sp³-hybridized carbons (Fsp3) is 0.533. The first-order chi connectivity index (χ1) is 8.86. The lowest BCUT2D eigenvalue weighted by molar-refractivity contribution is -0.133. The Morgan fingerprint density at radius 3 is 2.53 bits per heavy atom. The summed E-state index contributed by atoms with van der Waals surface area (Å²) in [7, 11) is 1.64. The summed E-state index contributed by atoms with van der Waals surface area (Å²) >= 11 is 0. The topological polar surface area (TPSA) is 55.6 Å². The molecule has 1 aliphatic heterocycles. The van der Waals surface area contributed by atoms with Crippen molar-refractivity contribution in [3.63, 3.8) is 0 Å². The average molecular weight is 262 g/mol. The first kappa shape index (κ1) is 13.9. The highest BCUT2D eigenvalue weighted by Crippen LogP contribution is 2.40. The summed E-state index contributed by atoms with van der Waals surface area (Å²) in [6.45, 7) is 6.10. The highest BCUT2D eigenvalue weighted by Gasteiger charge is 2.44. The van der Waals surface area contributed by atoms with Crippen LogP contribution in [0.25, 0.3) is 0 Å². The summed E-state index contributed by atoms with van der Waals surface area (Å²) in [5.41, 5.74) is 6.93. The zero-order valence-corrected chi connectivity index (χ0v) is 12.0. The highest BCUT2D eigenvalue weighted by molar-refractivity contribution is 5.81. The molecule has 0 saturated carbocycles. The predicted molar refractivity (Wildman–Crippen MR) is 74.9 cm³/mol. The van der Waals surface area contributed by atoms with Crippen molar-refractivity contribution in [1.82, 2.24) is 4.90 Å². The summed E-state index contributed by atoms with van der Waals surface area (Å²) in [5.74, 6) is 0.891. The molecule has 2 rings (SSSR count). The Morgan fingerprint density at radius 2 is 1.95 bits per heavy atom. The van der Waals surface area contributed by atoms with E-state index in [1.54, 1.807) is 7.11 Å². The maximum Gasteiger partial charge on any atom is 0.225 e. The van der Waals surface area contributed by atoms with E-state index in [4.69, 9.17) is 10.5 Å². The number of likely N-dealkylation sites (tertiary alicyclic amines) is 1. The molecule has 1 saturated heterocycles. The molecule has 0 aliphatic carbocycles. The Bertz CT molecular complexity index is 479. The Hall–Kier alpha value is -1.55. The first-order valence-corrected chi connectivity index (χ1v) is 6.57. The van der Waals surface area contributed by atoms with Gasteiger partial charge in [0.1, 0.15) is 5.75 Å². The number of nitrogens with two attached hydrogens (primary N) is 1. The predicted octanol–water partition coefficient (Wildman–Crippen LogP) is 2.09. The van der Waals surface area contributed by atoms with Gasteiger partial charge in [-0.2, -0.15) is 0 Å². The van der Waals surface area contributed by atoms with Crippen LogP contribution in [0.3, 0.4) is 0 Å². The number of methoxy groups -OCH3 is 1. The van der Waals surface area contributed by atoms with Gasteiger partial charge >= 0.3 is 0 Å². The maximum absolute atomic E-state index is 12.2. The molecule has 0 spiro atoms. The van der Waals surface area contributed by atoms with Gasteiger partial charge in [-0.25, -0.2) is 0 Å². The Morgan fingerprint density at radius 1 is 1.32 bits per heavy atom. The zero-order valence-electron chi connectivity index (χ0n) is 12.0. The number of hydrogen-bond acceptors (Lipinski definition) is 3. The minimum absolute atomic E-state index is 0.107. The first-order valence-electron chi connectivity index (χ1n) is 6.57. The molecule has 1 aromatic carbocycles. The lowest BCUT2D eigenvalue weighted by Crippen LogP contribution is -2.45. The molecule has 4 heteroatoms. The Balaban J connectivity index is 2.48. The van der Waals surface area contributed by atoms with Crippen LogP contribution >= 0.6 is 0 Å². The number of carbonyl (C=O) groups excluding carboxylic acids is 1. The number of rotatable bonds is 2. The molecule has 104 valence electrons. The fourth-order valence-electron chi connectivity index (χ4n) is 2.83. The fourth-order valence-corrected chi connectivity index (χ4v) is 2.83. The minimum Gasteiger partial charge on any atom is -0.496 e. The van der Waals surface area contributed by atoms with E-state index in [2.05, 4.69) is 0 Å². The van der Waals surface area contributed by atoms with Crippen molar-refractivity contribution in [2.24, 2.45) is 5.73 Å². The van der Waals surface area contributed by atoms with Crippen LogP contribution in [-0.4, -0.2) is 29.5 Å². The van der Waals surface area contributed by atoms with Gasteiger partial charge in [0.15, 0.2) is 0 Å². The molecule has 2 unspecified atom stereocenters. The number of ether oxygens (including phenoxy) is 1. The number of carbonyl (C=O) groups is 1. The van der Waals surface area contributed by atoms with Crippen LogP contribution in [0.2, 0.25) is 0 Å². The molecule has 1 aliphatic rings. The van der Waals surface area contributed by atoms with Crippen LogP contribution in [0, 0.1) is 0 Å². The molecular weight excluding hydrogens is 240 g/mol. The number of hydrogen-bond donors (Lipinski definition) is 1. The van der Waals surface area contributed by atoms with Crippen LogP contribution < -0.4 is 10.5 Å². The van der Waals surface area contributed by atoms with Gasteiger partial charge in [0.25, 0.3) is 0 Å². The third-order valence-electron chi connectivity index (χ3n) is 3.54. The van der Waals surface area contributed by atoms with Gasteiger partial charge in [-0.05, 0) is 26.8 Å². The molecule has 0 radical (unpaired) electrons. The molecule has 4 nitrogen and oxygen atoms in total. The van der Waals surface area contributed by atoms with Crippen LogP contribution in [0.15, 0.2) is 24.3 Å². The summed E-state index contributed by atoms with van der Waals surface area (Å²) in [6, 6.07) is 7.46. The van der Waals surface area contributed by atoms with Gasteiger partial charge in [-0.3, -0.25) is 4.79 Å². The van der Waals surface area contributed by atoms with Crippen LogP contribution in [-0.2, 0) is 4.79 Å². The average Bonchev–Trinajstić information content (AvgIpc) is 2.63. The molecule has 1 heterocycles. The van der Waals surface area contributed by atoms with Gasteiger partial charge in [0.2, 0.25) is 5.91 Å². The lowest BCUT2D eigenvalue weighted by Gasteiger charge is -2.38. The Labute approximate surface area is 114 Å². The molecule has 1 fully saturated rings. The SMILES string of the molecule is COc1ccccc1C1C(N)CC(=O)N1C(C)(C)C. The molecule has 0 aromatic heterocycles. The quantitative estimate of drug-likeness (QED) is 0.888. The standard InChI is InChI=1S/C15H22N2O2/c1-15(2,3)17-13(18)9-11(16)14(17)10-7-5-6-8-12(10)19-4/h5-8,11,14H,9,16H2,1-4H3. The second kappa shape index (κ2) is 4.85. The summed E-state index contributed by atoms with van der Waals surface area (Å²) in [5, 5.41) is 0. The van der Waals surface area contributed by atoms with Gasteiger partial charge in [0, 0.05) is 23.6 Å². The van der Waals surface area contributed by atoms with Crippen molar-refractivity contribution >= 4 is 5.91 Å². The highest BCUT2D eigenvalue weighted by atomic mass is 16.5. The van der Waals surface area contributed by atoms with E-state index in [1.807, 2.05) is 49.9 Å². The third kappa shape index (κ3) is 2.45. The molecule has 2 atom stereocenters. The molecule has 1 aromatic rings.